The summed E-state index contributed by atoms with van der Waals surface area (Å²) in [6, 6.07) is 11.1. The second kappa shape index (κ2) is 6.96. The summed E-state index contributed by atoms with van der Waals surface area (Å²) >= 11 is 12.0. The Hall–Kier alpha value is -1.84. The molecule has 0 saturated heterocycles. The lowest BCUT2D eigenvalue weighted by Crippen LogP contribution is -2.26. The van der Waals surface area contributed by atoms with Crippen molar-refractivity contribution in [3.8, 4) is 0 Å². The van der Waals surface area contributed by atoms with Gasteiger partial charge in [-0.15, -0.1) is 0 Å². The van der Waals surface area contributed by atoms with E-state index < -0.39 is 5.41 Å². The van der Waals surface area contributed by atoms with Gasteiger partial charge in [-0.2, -0.15) is 0 Å². The highest BCUT2D eigenvalue weighted by Gasteiger charge is 2.62. The zero-order chi connectivity index (χ0) is 17.2. The first kappa shape index (κ1) is 17.0. The molecule has 1 aliphatic carbocycles. The molecular formula is C19H17Cl2NO2. The zero-order valence-electron chi connectivity index (χ0n) is 13.2. The molecule has 1 fully saturated rings. The van der Waals surface area contributed by atoms with Crippen molar-refractivity contribution in [2.45, 2.75) is 18.8 Å². The smallest absolute Gasteiger partial charge is 0.318 e. The molecule has 1 aromatic heterocycles. The van der Waals surface area contributed by atoms with Crippen LogP contribution in [-0.4, -0.2) is 17.6 Å². The van der Waals surface area contributed by atoms with E-state index in [1.54, 1.807) is 18.3 Å². The first-order valence-corrected chi connectivity index (χ1v) is 8.55. The number of hydrogen-bond acceptors (Lipinski definition) is 3. The SMILES string of the molecule is CCOC(=O)C1(c2ccccn2)CC1/C=C/c1ccc(Cl)c(Cl)c1. The van der Waals surface area contributed by atoms with Crippen molar-refractivity contribution in [2.24, 2.45) is 5.92 Å². The van der Waals surface area contributed by atoms with E-state index in [2.05, 4.69) is 4.98 Å². The average Bonchev–Trinajstić information content (AvgIpc) is 3.33. The number of allylic oxidation sites excluding steroid dienone is 1. The molecule has 1 heterocycles. The number of pyridine rings is 1. The van der Waals surface area contributed by atoms with Gasteiger partial charge in [0.25, 0.3) is 0 Å². The van der Waals surface area contributed by atoms with E-state index >= 15 is 0 Å². The van der Waals surface area contributed by atoms with E-state index in [1.807, 2.05) is 43.3 Å². The van der Waals surface area contributed by atoms with Gasteiger partial charge in [-0.1, -0.05) is 47.5 Å². The summed E-state index contributed by atoms with van der Waals surface area (Å²) in [5.41, 5.74) is 1.02. The number of carbonyl (C=O) groups excluding carboxylic acids is 1. The Morgan fingerprint density at radius 1 is 1.33 bits per heavy atom. The van der Waals surface area contributed by atoms with Gasteiger partial charge in [0.15, 0.2) is 0 Å². The molecule has 0 aliphatic heterocycles. The van der Waals surface area contributed by atoms with Gasteiger partial charge in [0.05, 0.1) is 22.3 Å². The molecule has 3 rings (SSSR count). The highest BCUT2D eigenvalue weighted by Crippen LogP contribution is 2.55. The topological polar surface area (TPSA) is 39.2 Å². The Kier molecular flexibility index (Phi) is 4.93. The molecule has 2 unspecified atom stereocenters. The van der Waals surface area contributed by atoms with Crippen molar-refractivity contribution in [1.29, 1.82) is 0 Å². The minimum atomic E-state index is -0.677. The fourth-order valence-corrected chi connectivity index (χ4v) is 3.19. The van der Waals surface area contributed by atoms with Gasteiger partial charge in [0, 0.05) is 12.1 Å². The van der Waals surface area contributed by atoms with Gasteiger partial charge in [-0.25, -0.2) is 0 Å². The number of aromatic nitrogens is 1. The Labute approximate surface area is 151 Å². The molecule has 1 aromatic carbocycles. The van der Waals surface area contributed by atoms with E-state index in [0.717, 1.165) is 11.3 Å². The lowest BCUT2D eigenvalue weighted by Gasteiger charge is -2.14. The van der Waals surface area contributed by atoms with Crippen LogP contribution in [0.3, 0.4) is 0 Å². The van der Waals surface area contributed by atoms with Crippen LogP contribution in [-0.2, 0) is 14.9 Å². The number of rotatable bonds is 5. The van der Waals surface area contributed by atoms with Crippen LogP contribution in [0.4, 0.5) is 0 Å². The lowest BCUT2D eigenvalue weighted by molar-refractivity contribution is -0.146. The molecule has 24 heavy (non-hydrogen) atoms. The number of benzene rings is 1. The third-order valence-corrected chi connectivity index (χ3v) is 4.98. The standard InChI is InChI=1S/C19H17Cl2NO2/c1-2-24-18(23)19(17-5-3-4-10-22-17)12-14(19)8-6-13-7-9-15(20)16(21)11-13/h3-11,14H,2,12H2,1H3/b8-6+. The zero-order valence-corrected chi connectivity index (χ0v) is 14.7. The maximum absolute atomic E-state index is 12.5. The van der Waals surface area contributed by atoms with Crippen molar-refractivity contribution in [3.05, 3.63) is 70.0 Å². The number of halogens is 2. The van der Waals surface area contributed by atoms with E-state index in [4.69, 9.17) is 27.9 Å². The number of carbonyl (C=O) groups is 1. The largest absolute Gasteiger partial charge is 0.465 e. The molecule has 0 spiro atoms. The first-order valence-electron chi connectivity index (χ1n) is 7.80. The minimum absolute atomic E-state index is 0.0564. The summed E-state index contributed by atoms with van der Waals surface area (Å²) in [4.78, 5) is 16.9. The van der Waals surface area contributed by atoms with Crippen LogP contribution in [0.15, 0.2) is 48.7 Å². The summed E-state index contributed by atoms with van der Waals surface area (Å²) in [7, 11) is 0. The molecule has 0 amide bonds. The Bertz CT molecular complexity index is 776. The Morgan fingerprint density at radius 3 is 2.83 bits per heavy atom. The van der Waals surface area contributed by atoms with Crippen molar-refractivity contribution in [1.82, 2.24) is 4.98 Å². The van der Waals surface area contributed by atoms with Crippen molar-refractivity contribution in [2.75, 3.05) is 6.61 Å². The average molecular weight is 362 g/mol. The molecule has 0 N–H and O–H groups in total. The maximum atomic E-state index is 12.5. The molecule has 1 aliphatic rings. The minimum Gasteiger partial charge on any atom is -0.465 e. The van der Waals surface area contributed by atoms with Crippen molar-refractivity contribution >= 4 is 35.2 Å². The third kappa shape index (κ3) is 3.19. The van der Waals surface area contributed by atoms with E-state index in [1.165, 1.54) is 0 Å². The van der Waals surface area contributed by atoms with Crippen molar-refractivity contribution in [3.63, 3.8) is 0 Å². The molecule has 2 aromatic rings. The molecule has 1 saturated carbocycles. The van der Waals surface area contributed by atoms with Gasteiger partial charge in [0.1, 0.15) is 5.41 Å². The third-order valence-electron chi connectivity index (χ3n) is 4.24. The van der Waals surface area contributed by atoms with Crippen LogP contribution in [0.1, 0.15) is 24.6 Å². The van der Waals surface area contributed by atoms with Gasteiger partial charge in [-0.05, 0) is 43.2 Å². The van der Waals surface area contributed by atoms with Crippen LogP contribution in [0.2, 0.25) is 10.0 Å². The summed E-state index contributed by atoms with van der Waals surface area (Å²) in [5, 5.41) is 1.03. The van der Waals surface area contributed by atoms with Gasteiger partial charge in [-0.3, -0.25) is 9.78 Å². The first-order chi connectivity index (χ1) is 11.6. The molecule has 0 radical (unpaired) electrons. The second-order valence-corrected chi connectivity index (χ2v) is 6.56. The second-order valence-electron chi connectivity index (χ2n) is 5.75. The van der Waals surface area contributed by atoms with Gasteiger partial charge < -0.3 is 4.74 Å². The number of nitrogens with zero attached hydrogens (tertiary/aromatic N) is 1. The normalized spacial score (nSPS) is 22.5. The van der Waals surface area contributed by atoms with Crippen LogP contribution < -0.4 is 0 Å². The molecule has 2 atom stereocenters. The summed E-state index contributed by atoms with van der Waals surface area (Å²) < 4.78 is 5.29. The molecule has 124 valence electrons. The monoisotopic (exact) mass is 361 g/mol. The fourth-order valence-electron chi connectivity index (χ4n) is 2.88. The van der Waals surface area contributed by atoms with Crippen LogP contribution in [0.25, 0.3) is 6.08 Å². The Balaban J connectivity index is 1.85. The fraction of sp³-hybridized carbons (Fsp3) is 0.263. The van der Waals surface area contributed by atoms with E-state index in [-0.39, 0.29) is 11.9 Å². The number of ether oxygens (including phenoxy) is 1. The Morgan fingerprint density at radius 2 is 2.17 bits per heavy atom. The summed E-state index contributed by atoms with van der Waals surface area (Å²) in [6.07, 6.45) is 6.37. The highest BCUT2D eigenvalue weighted by molar-refractivity contribution is 6.42. The van der Waals surface area contributed by atoms with Gasteiger partial charge in [0.2, 0.25) is 0 Å². The quantitative estimate of drug-likeness (QED) is 0.709. The van der Waals surface area contributed by atoms with Crippen molar-refractivity contribution < 1.29 is 9.53 Å². The predicted molar refractivity (Wildman–Crippen MR) is 96.2 cm³/mol. The molecule has 0 bridgehead atoms. The van der Waals surface area contributed by atoms with E-state index in [0.29, 0.717) is 23.1 Å². The molecular weight excluding hydrogens is 345 g/mol. The molecule has 5 heteroatoms. The lowest BCUT2D eigenvalue weighted by atomic mass is 9.98. The highest BCUT2D eigenvalue weighted by atomic mass is 35.5. The van der Waals surface area contributed by atoms with Crippen LogP contribution >= 0.6 is 23.2 Å². The van der Waals surface area contributed by atoms with E-state index in [9.17, 15) is 4.79 Å². The maximum Gasteiger partial charge on any atom is 0.318 e. The summed E-state index contributed by atoms with van der Waals surface area (Å²) in [6.45, 7) is 2.17. The summed E-state index contributed by atoms with van der Waals surface area (Å²) in [5.74, 6) is -0.159. The molecule has 3 nitrogen and oxygen atoms in total. The van der Waals surface area contributed by atoms with Gasteiger partial charge >= 0.3 is 5.97 Å². The predicted octanol–water partition coefficient (Wildman–Crippen LogP) is 4.92. The van der Waals surface area contributed by atoms with Crippen LogP contribution in [0, 0.1) is 5.92 Å². The van der Waals surface area contributed by atoms with Crippen LogP contribution in [0.5, 0.6) is 0 Å². The number of esters is 1. The number of hydrogen-bond donors (Lipinski definition) is 0.